The van der Waals surface area contributed by atoms with Crippen LogP contribution in [-0.4, -0.2) is 6.01 Å². The van der Waals surface area contributed by atoms with Gasteiger partial charge in [-0.1, -0.05) is 18.2 Å². The van der Waals surface area contributed by atoms with Crippen molar-refractivity contribution in [2.45, 2.75) is 0 Å². The van der Waals surface area contributed by atoms with Gasteiger partial charge in [-0.15, -0.1) is 11.3 Å². The quantitative estimate of drug-likeness (QED) is 0.718. The Morgan fingerprint density at radius 1 is 1.06 bits per heavy atom. The summed E-state index contributed by atoms with van der Waals surface area (Å²) in [6.07, 6.45) is 0. The number of para-hydroxylation sites is 1. The molecule has 3 nitrogen and oxygen atoms in total. The Kier molecular flexibility index (Phi) is 3.25. The number of nitrogens with zero attached hydrogens (tertiary/aromatic N) is 3. The third-order valence-electron chi connectivity index (χ3n) is 1.85. The van der Waals surface area contributed by atoms with E-state index in [1.807, 2.05) is 35.7 Å². The molecular weight excluding hydrogens is 218 g/mol. The molecule has 0 spiro atoms. The maximum absolute atomic E-state index is 8.76. The molecule has 0 aliphatic rings. The monoisotopic (exact) mass is 225 g/mol. The average molecular weight is 225 g/mol. The van der Waals surface area contributed by atoms with Crippen LogP contribution in [-0.2, 0) is 0 Å². The van der Waals surface area contributed by atoms with Crippen LogP contribution < -0.4 is 0 Å². The fraction of sp³-hybridized carbons (Fsp3) is 0. The van der Waals surface area contributed by atoms with Crippen LogP contribution in [0.5, 0.6) is 0 Å². The minimum atomic E-state index is 0.556. The Morgan fingerprint density at radius 3 is 2.62 bits per heavy atom. The molecule has 0 aliphatic carbocycles. The van der Waals surface area contributed by atoms with Crippen molar-refractivity contribution in [3.63, 3.8) is 0 Å². The zero-order chi connectivity index (χ0) is 11.2. The van der Waals surface area contributed by atoms with Crippen LogP contribution in [0, 0.1) is 11.3 Å². The first-order valence-electron chi connectivity index (χ1n) is 4.59. The number of aliphatic imine (C=N–C) groups is 2. The van der Waals surface area contributed by atoms with Gasteiger partial charge in [0.2, 0.25) is 0 Å². The highest BCUT2D eigenvalue weighted by atomic mass is 32.1. The van der Waals surface area contributed by atoms with Crippen LogP contribution in [0.2, 0.25) is 0 Å². The van der Waals surface area contributed by atoms with Crippen LogP contribution in [0.1, 0.15) is 5.56 Å². The molecular formula is C12H7N3S. The highest BCUT2D eigenvalue weighted by molar-refractivity contribution is 7.14. The fourth-order valence-corrected chi connectivity index (χ4v) is 1.77. The SMILES string of the molecule is N#Cc1ccsc1N=C=Nc1ccccc1. The topological polar surface area (TPSA) is 48.5 Å². The van der Waals surface area contributed by atoms with Gasteiger partial charge in [-0.3, -0.25) is 0 Å². The molecule has 0 bridgehead atoms. The summed E-state index contributed by atoms with van der Waals surface area (Å²) in [7, 11) is 0. The summed E-state index contributed by atoms with van der Waals surface area (Å²) in [5, 5.41) is 11.2. The maximum atomic E-state index is 8.76. The molecule has 0 saturated heterocycles. The third-order valence-corrected chi connectivity index (χ3v) is 2.66. The minimum Gasteiger partial charge on any atom is -0.192 e. The van der Waals surface area contributed by atoms with E-state index < -0.39 is 0 Å². The van der Waals surface area contributed by atoms with Gasteiger partial charge in [0.15, 0.2) is 0 Å². The van der Waals surface area contributed by atoms with E-state index in [0.717, 1.165) is 5.69 Å². The van der Waals surface area contributed by atoms with Crippen LogP contribution in [0.15, 0.2) is 51.8 Å². The van der Waals surface area contributed by atoms with Crippen molar-refractivity contribution in [2.75, 3.05) is 0 Å². The highest BCUT2D eigenvalue weighted by Crippen LogP contribution is 2.24. The number of nitriles is 1. The molecule has 16 heavy (non-hydrogen) atoms. The predicted molar refractivity (Wildman–Crippen MR) is 64.7 cm³/mol. The van der Waals surface area contributed by atoms with Crippen molar-refractivity contribution >= 4 is 28.0 Å². The highest BCUT2D eigenvalue weighted by Gasteiger charge is 1.99. The number of hydrogen-bond donors (Lipinski definition) is 0. The molecule has 0 saturated carbocycles. The Morgan fingerprint density at radius 2 is 1.88 bits per heavy atom. The second-order valence-electron chi connectivity index (χ2n) is 2.91. The van der Waals surface area contributed by atoms with Crippen LogP contribution >= 0.6 is 11.3 Å². The van der Waals surface area contributed by atoms with Gasteiger partial charge >= 0.3 is 0 Å². The minimum absolute atomic E-state index is 0.556. The van der Waals surface area contributed by atoms with Crippen molar-refractivity contribution in [1.29, 1.82) is 5.26 Å². The summed E-state index contributed by atoms with van der Waals surface area (Å²) < 4.78 is 0. The summed E-state index contributed by atoms with van der Waals surface area (Å²) in [5.41, 5.74) is 1.35. The number of hydrogen-bond acceptors (Lipinski definition) is 4. The average Bonchev–Trinajstić information content (AvgIpc) is 2.78. The molecule has 0 aliphatic heterocycles. The molecule has 1 aromatic carbocycles. The lowest BCUT2D eigenvalue weighted by Crippen LogP contribution is -1.64. The van der Waals surface area contributed by atoms with Crippen molar-refractivity contribution < 1.29 is 0 Å². The number of rotatable bonds is 2. The van der Waals surface area contributed by atoms with Crippen LogP contribution in [0.25, 0.3) is 0 Å². The predicted octanol–water partition coefficient (Wildman–Crippen LogP) is 3.76. The Bertz CT molecular complexity index is 572. The number of thiophene rings is 1. The molecule has 2 rings (SSSR count). The fourth-order valence-electron chi connectivity index (χ4n) is 1.10. The van der Waals surface area contributed by atoms with E-state index in [0.29, 0.717) is 10.6 Å². The molecule has 1 aromatic heterocycles. The summed E-state index contributed by atoms with van der Waals surface area (Å²) in [5.74, 6) is 0. The van der Waals surface area contributed by atoms with Gasteiger partial charge in [0.1, 0.15) is 17.1 Å². The zero-order valence-corrected chi connectivity index (χ0v) is 9.11. The summed E-state index contributed by atoms with van der Waals surface area (Å²) >= 11 is 1.40. The largest absolute Gasteiger partial charge is 0.192 e. The molecule has 1 heterocycles. The van der Waals surface area contributed by atoms with Gasteiger partial charge in [0.05, 0.1) is 11.3 Å². The van der Waals surface area contributed by atoms with Crippen LogP contribution in [0.4, 0.5) is 10.7 Å². The zero-order valence-electron chi connectivity index (χ0n) is 8.29. The van der Waals surface area contributed by atoms with E-state index in [1.165, 1.54) is 11.3 Å². The lowest BCUT2D eigenvalue weighted by Gasteiger charge is -1.85. The van der Waals surface area contributed by atoms with Gasteiger partial charge in [-0.2, -0.15) is 15.2 Å². The van der Waals surface area contributed by atoms with Crippen LogP contribution in [0.3, 0.4) is 0 Å². The molecule has 0 amide bonds. The van der Waals surface area contributed by atoms with Gasteiger partial charge in [0.25, 0.3) is 0 Å². The standard InChI is InChI=1S/C12H7N3S/c13-8-10-6-7-16-12(10)15-9-14-11-4-2-1-3-5-11/h1-7H. The summed E-state index contributed by atoms with van der Waals surface area (Å²) in [6.45, 7) is 0. The van der Waals surface area contributed by atoms with Crippen molar-refractivity contribution in [3.05, 3.63) is 47.3 Å². The molecule has 0 radical (unpaired) electrons. The van der Waals surface area contributed by atoms with E-state index in [1.54, 1.807) is 6.07 Å². The van der Waals surface area contributed by atoms with Crippen molar-refractivity contribution in [1.82, 2.24) is 0 Å². The summed E-state index contributed by atoms with van der Waals surface area (Å²) in [6, 6.07) is 15.8. The normalized spacial score (nSPS) is 8.94. The molecule has 0 atom stereocenters. The molecule has 0 unspecified atom stereocenters. The van der Waals surface area contributed by atoms with E-state index in [9.17, 15) is 0 Å². The Balaban J connectivity index is 2.23. The second-order valence-corrected chi connectivity index (χ2v) is 3.80. The molecule has 0 N–H and O–H groups in total. The van der Waals surface area contributed by atoms with E-state index in [2.05, 4.69) is 22.1 Å². The van der Waals surface area contributed by atoms with Gasteiger partial charge in [-0.05, 0) is 23.6 Å². The van der Waals surface area contributed by atoms with Gasteiger partial charge in [0, 0.05) is 0 Å². The third kappa shape index (κ3) is 2.43. The molecule has 2 aromatic rings. The Labute approximate surface area is 97.0 Å². The molecule has 76 valence electrons. The van der Waals surface area contributed by atoms with Crippen molar-refractivity contribution in [2.24, 2.45) is 9.98 Å². The lowest BCUT2D eigenvalue weighted by atomic mass is 10.3. The lowest BCUT2D eigenvalue weighted by molar-refractivity contribution is 1.48. The molecule has 0 fully saturated rings. The molecule has 4 heteroatoms. The second kappa shape index (κ2) is 5.04. The van der Waals surface area contributed by atoms with Gasteiger partial charge in [-0.25, -0.2) is 0 Å². The summed E-state index contributed by atoms with van der Waals surface area (Å²) in [4.78, 5) is 8.05. The van der Waals surface area contributed by atoms with Gasteiger partial charge < -0.3 is 0 Å². The smallest absolute Gasteiger partial charge is 0.145 e. The van der Waals surface area contributed by atoms with E-state index >= 15 is 0 Å². The first-order chi connectivity index (χ1) is 7.90. The first-order valence-corrected chi connectivity index (χ1v) is 5.47. The van der Waals surface area contributed by atoms with E-state index in [-0.39, 0.29) is 0 Å². The maximum Gasteiger partial charge on any atom is 0.145 e. The number of benzene rings is 1. The van der Waals surface area contributed by atoms with E-state index in [4.69, 9.17) is 5.26 Å². The van der Waals surface area contributed by atoms with Crippen molar-refractivity contribution in [3.8, 4) is 6.07 Å². The Hall–Kier alpha value is -2.21. The first kappa shape index (κ1) is 10.3.